The third kappa shape index (κ3) is 2.08. The first-order valence-corrected chi connectivity index (χ1v) is 8.23. The molecule has 1 N–H and O–H groups in total. The van der Waals surface area contributed by atoms with Crippen molar-refractivity contribution < 1.29 is 5.11 Å². The normalized spacial score (nSPS) is 40.3. The minimum Gasteiger partial charge on any atom is -0.388 e. The maximum atomic E-state index is 11.4. The molecular formula is C16H26OS. The quantitative estimate of drug-likeness (QED) is 0.764. The Bertz CT molecular complexity index is 336. The van der Waals surface area contributed by atoms with Crippen LogP contribution in [0, 0.1) is 5.92 Å². The zero-order chi connectivity index (χ0) is 13.2. The van der Waals surface area contributed by atoms with E-state index in [1.807, 2.05) is 17.8 Å². The average molecular weight is 266 g/mol. The van der Waals surface area contributed by atoms with Gasteiger partial charge in [-0.2, -0.15) is 11.8 Å². The van der Waals surface area contributed by atoms with E-state index in [4.69, 9.17) is 0 Å². The van der Waals surface area contributed by atoms with Gasteiger partial charge in [-0.05, 0) is 37.9 Å². The van der Waals surface area contributed by atoms with Gasteiger partial charge in [-0.15, -0.1) is 6.58 Å². The molecule has 2 aliphatic carbocycles. The van der Waals surface area contributed by atoms with Gasteiger partial charge in [0, 0.05) is 10.7 Å². The van der Waals surface area contributed by atoms with Crippen LogP contribution in [0.3, 0.4) is 0 Å². The molecule has 102 valence electrons. The minimum atomic E-state index is -0.546. The number of allylic oxidation sites excluding steroid dienone is 1. The summed E-state index contributed by atoms with van der Waals surface area (Å²) in [7, 11) is 0. The summed E-state index contributed by atoms with van der Waals surface area (Å²) in [5.74, 6) is 1.38. The Kier molecular flexibility index (Phi) is 4.28. The highest BCUT2D eigenvalue weighted by atomic mass is 32.2. The topological polar surface area (TPSA) is 20.2 Å². The zero-order valence-electron chi connectivity index (χ0n) is 11.6. The average Bonchev–Trinajstić information content (AvgIpc) is 2.35. The summed E-state index contributed by atoms with van der Waals surface area (Å²) in [6, 6.07) is 0. The van der Waals surface area contributed by atoms with E-state index in [1.54, 1.807) is 0 Å². The van der Waals surface area contributed by atoms with Crippen molar-refractivity contribution in [1.29, 1.82) is 0 Å². The third-order valence-corrected chi connectivity index (χ3v) is 6.47. The van der Waals surface area contributed by atoms with E-state index in [1.165, 1.54) is 12.0 Å². The molecule has 0 spiro atoms. The summed E-state index contributed by atoms with van der Waals surface area (Å²) < 4.78 is -0.0181. The lowest BCUT2D eigenvalue weighted by molar-refractivity contribution is -0.0808. The summed E-state index contributed by atoms with van der Waals surface area (Å²) in [5, 5.41) is 11.4. The lowest BCUT2D eigenvalue weighted by Crippen LogP contribution is -2.60. The molecule has 0 bridgehead atoms. The van der Waals surface area contributed by atoms with Gasteiger partial charge >= 0.3 is 0 Å². The maximum absolute atomic E-state index is 11.4. The van der Waals surface area contributed by atoms with Crippen LogP contribution in [0.15, 0.2) is 24.8 Å². The Balaban J connectivity index is 2.37. The third-order valence-electron chi connectivity index (χ3n) is 4.90. The number of hydrogen-bond acceptors (Lipinski definition) is 2. The van der Waals surface area contributed by atoms with Crippen LogP contribution in [0.2, 0.25) is 0 Å². The lowest BCUT2D eigenvalue weighted by Gasteiger charge is -2.57. The van der Waals surface area contributed by atoms with Crippen LogP contribution >= 0.6 is 11.8 Å². The molecule has 3 unspecified atom stereocenters. The van der Waals surface area contributed by atoms with Crippen molar-refractivity contribution in [2.75, 3.05) is 5.75 Å². The summed E-state index contributed by atoms with van der Waals surface area (Å²) in [5.41, 5.74) is 0.740. The van der Waals surface area contributed by atoms with E-state index in [0.717, 1.165) is 44.3 Å². The van der Waals surface area contributed by atoms with Gasteiger partial charge < -0.3 is 5.11 Å². The van der Waals surface area contributed by atoms with E-state index in [0.29, 0.717) is 5.92 Å². The molecule has 0 heterocycles. The van der Waals surface area contributed by atoms with Crippen molar-refractivity contribution in [2.45, 2.75) is 62.2 Å². The van der Waals surface area contributed by atoms with E-state index in [-0.39, 0.29) is 4.75 Å². The highest BCUT2D eigenvalue weighted by molar-refractivity contribution is 8.00. The molecule has 2 fully saturated rings. The monoisotopic (exact) mass is 266 g/mol. The second-order valence-corrected chi connectivity index (χ2v) is 7.45. The van der Waals surface area contributed by atoms with Gasteiger partial charge in [-0.1, -0.05) is 38.0 Å². The van der Waals surface area contributed by atoms with Crippen LogP contribution in [0.25, 0.3) is 0 Å². The molecule has 0 aliphatic heterocycles. The van der Waals surface area contributed by atoms with Gasteiger partial charge in [-0.25, -0.2) is 0 Å². The van der Waals surface area contributed by atoms with Gasteiger partial charge in [0.15, 0.2) is 0 Å². The van der Waals surface area contributed by atoms with Crippen molar-refractivity contribution in [1.82, 2.24) is 0 Å². The number of thioether (sulfide) groups is 1. The molecule has 1 nitrogen and oxygen atoms in total. The lowest BCUT2D eigenvalue weighted by atomic mass is 9.59. The van der Waals surface area contributed by atoms with E-state index in [2.05, 4.69) is 20.1 Å². The fraction of sp³-hybridized carbons (Fsp3) is 0.750. The SMILES string of the molecule is C=CCC1(SCC)CCC(=C)C2CCCCC21O. The largest absolute Gasteiger partial charge is 0.388 e. The molecule has 0 saturated heterocycles. The van der Waals surface area contributed by atoms with E-state index >= 15 is 0 Å². The first kappa shape index (κ1) is 14.2. The van der Waals surface area contributed by atoms with Crippen LogP contribution in [0.1, 0.15) is 51.9 Å². The standard InChI is InChI=1S/C16H26OS/c1-4-10-15(18-5-2)12-9-13(3)14-8-6-7-11-16(14,15)17/h4,14,17H,1,3,5-12H2,2H3. The Labute approximate surface area is 116 Å². The molecule has 2 heteroatoms. The van der Waals surface area contributed by atoms with E-state index in [9.17, 15) is 5.11 Å². The number of hydrogen-bond donors (Lipinski definition) is 1. The van der Waals surface area contributed by atoms with Crippen LogP contribution in [0.5, 0.6) is 0 Å². The highest BCUT2D eigenvalue weighted by Gasteiger charge is 2.57. The molecule has 18 heavy (non-hydrogen) atoms. The van der Waals surface area contributed by atoms with E-state index < -0.39 is 5.60 Å². The van der Waals surface area contributed by atoms with Crippen molar-refractivity contribution in [2.24, 2.45) is 5.92 Å². The summed E-state index contributed by atoms with van der Waals surface area (Å²) in [6.45, 7) is 10.4. The summed E-state index contributed by atoms with van der Waals surface area (Å²) in [6.07, 6.45) is 9.52. The second kappa shape index (κ2) is 5.42. The fourth-order valence-electron chi connectivity index (χ4n) is 4.04. The molecule has 0 aromatic carbocycles. The van der Waals surface area contributed by atoms with Gasteiger partial charge in [0.2, 0.25) is 0 Å². The van der Waals surface area contributed by atoms with Gasteiger partial charge in [0.1, 0.15) is 0 Å². The van der Waals surface area contributed by atoms with Crippen LogP contribution in [-0.2, 0) is 0 Å². The Morgan fingerprint density at radius 1 is 1.44 bits per heavy atom. The molecule has 0 aromatic heterocycles. The van der Waals surface area contributed by atoms with Crippen LogP contribution in [-0.4, -0.2) is 21.2 Å². The Hall–Kier alpha value is -0.210. The Morgan fingerprint density at radius 3 is 2.89 bits per heavy atom. The molecular weight excluding hydrogens is 240 g/mol. The number of rotatable bonds is 4. The molecule has 3 atom stereocenters. The summed E-state index contributed by atoms with van der Waals surface area (Å²) >= 11 is 1.95. The fourth-order valence-corrected chi connectivity index (χ4v) is 5.57. The van der Waals surface area contributed by atoms with Crippen molar-refractivity contribution in [3.63, 3.8) is 0 Å². The van der Waals surface area contributed by atoms with Crippen LogP contribution in [0.4, 0.5) is 0 Å². The molecule has 2 saturated carbocycles. The minimum absolute atomic E-state index is 0.0181. The first-order valence-electron chi connectivity index (χ1n) is 7.24. The number of fused-ring (bicyclic) bond motifs is 1. The van der Waals surface area contributed by atoms with Crippen molar-refractivity contribution >= 4 is 11.8 Å². The summed E-state index contributed by atoms with van der Waals surface area (Å²) in [4.78, 5) is 0. The van der Waals surface area contributed by atoms with Gasteiger partial charge in [0.05, 0.1) is 5.60 Å². The highest BCUT2D eigenvalue weighted by Crippen LogP contribution is 2.57. The molecule has 2 rings (SSSR count). The Morgan fingerprint density at radius 2 is 2.22 bits per heavy atom. The van der Waals surface area contributed by atoms with Crippen molar-refractivity contribution in [3.05, 3.63) is 24.8 Å². The molecule has 2 aliphatic rings. The number of aliphatic hydroxyl groups is 1. The van der Waals surface area contributed by atoms with Crippen molar-refractivity contribution in [3.8, 4) is 0 Å². The molecule has 0 radical (unpaired) electrons. The predicted molar refractivity (Wildman–Crippen MR) is 81.0 cm³/mol. The first-order chi connectivity index (χ1) is 8.59. The van der Waals surface area contributed by atoms with Gasteiger partial charge in [0.25, 0.3) is 0 Å². The predicted octanol–water partition coefficient (Wildman–Crippen LogP) is 4.33. The second-order valence-electron chi connectivity index (χ2n) is 5.80. The smallest absolute Gasteiger partial charge is 0.0861 e. The molecule has 0 amide bonds. The maximum Gasteiger partial charge on any atom is 0.0861 e. The molecule has 0 aromatic rings. The van der Waals surface area contributed by atoms with Crippen LogP contribution < -0.4 is 0 Å². The van der Waals surface area contributed by atoms with Gasteiger partial charge in [-0.3, -0.25) is 0 Å². The zero-order valence-corrected chi connectivity index (χ0v) is 12.4.